The second-order valence-electron chi connectivity index (χ2n) is 5.37. The summed E-state index contributed by atoms with van der Waals surface area (Å²) in [5.74, 6) is 0.352. The van der Waals surface area contributed by atoms with Crippen LogP contribution in [0.2, 0.25) is 0 Å². The number of hydrogen-bond donors (Lipinski definition) is 1. The first-order chi connectivity index (χ1) is 8.52. The van der Waals surface area contributed by atoms with E-state index in [9.17, 15) is 13.2 Å². The molecule has 1 aliphatic heterocycles. The molecule has 1 aliphatic carbocycles. The first-order valence-electron chi connectivity index (χ1n) is 6.62. The van der Waals surface area contributed by atoms with Gasteiger partial charge in [-0.25, -0.2) is 8.42 Å². The van der Waals surface area contributed by atoms with Crippen LogP contribution in [0.1, 0.15) is 32.1 Å². The van der Waals surface area contributed by atoms with E-state index in [1.54, 1.807) is 4.90 Å². The van der Waals surface area contributed by atoms with Crippen LogP contribution < -0.4 is 0 Å². The number of hydrogen-bond acceptors (Lipinski definition) is 4. The summed E-state index contributed by atoms with van der Waals surface area (Å²) in [5, 5.41) is 9.01. The second-order valence-corrected chi connectivity index (χ2v) is 7.60. The Morgan fingerprint density at radius 2 is 2.00 bits per heavy atom. The van der Waals surface area contributed by atoms with Crippen molar-refractivity contribution in [1.82, 2.24) is 4.90 Å². The van der Waals surface area contributed by atoms with Gasteiger partial charge in [0.2, 0.25) is 5.91 Å². The van der Waals surface area contributed by atoms with Gasteiger partial charge in [0, 0.05) is 19.0 Å². The van der Waals surface area contributed by atoms with Gasteiger partial charge in [-0.15, -0.1) is 0 Å². The van der Waals surface area contributed by atoms with Gasteiger partial charge in [0.25, 0.3) is 0 Å². The highest BCUT2D eigenvalue weighted by molar-refractivity contribution is 7.91. The molecule has 5 nitrogen and oxygen atoms in total. The van der Waals surface area contributed by atoms with E-state index >= 15 is 0 Å². The summed E-state index contributed by atoms with van der Waals surface area (Å²) in [5.41, 5.74) is 0. The number of aliphatic hydroxyl groups excluding tert-OH is 1. The molecule has 0 spiro atoms. The summed E-state index contributed by atoms with van der Waals surface area (Å²) in [6.07, 6.45) is 4.07. The quantitative estimate of drug-likeness (QED) is 0.777. The maximum absolute atomic E-state index is 12.2. The number of amides is 1. The summed E-state index contributed by atoms with van der Waals surface area (Å²) < 4.78 is 22.7. The predicted octanol–water partition coefficient (Wildman–Crippen LogP) is 0.185. The molecule has 1 saturated carbocycles. The van der Waals surface area contributed by atoms with Crippen molar-refractivity contribution in [1.29, 1.82) is 0 Å². The standard InChI is InChI=1S/C12H21NO4S/c14-6-5-13(11-2-1-3-11)12(15)8-10-4-7-18(16,17)9-10/h10-11,14H,1-9H2. The molecule has 0 aromatic rings. The minimum Gasteiger partial charge on any atom is -0.395 e. The lowest BCUT2D eigenvalue weighted by Gasteiger charge is -2.37. The molecule has 1 saturated heterocycles. The Balaban J connectivity index is 1.89. The van der Waals surface area contributed by atoms with Crippen LogP contribution in [-0.2, 0) is 14.6 Å². The van der Waals surface area contributed by atoms with Gasteiger partial charge in [0.15, 0.2) is 9.84 Å². The Morgan fingerprint density at radius 1 is 1.28 bits per heavy atom. The first-order valence-corrected chi connectivity index (χ1v) is 8.45. The monoisotopic (exact) mass is 275 g/mol. The van der Waals surface area contributed by atoms with Gasteiger partial charge in [-0.2, -0.15) is 0 Å². The molecule has 1 N–H and O–H groups in total. The zero-order valence-electron chi connectivity index (χ0n) is 10.5. The maximum atomic E-state index is 12.2. The Bertz CT molecular complexity index is 402. The van der Waals surface area contributed by atoms with Gasteiger partial charge in [0.1, 0.15) is 0 Å². The number of sulfone groups is 1. The molecule has 2 rings (SSSR count). The fourth-order valence-corrected chi connectivity index (χ4v) is 4.58. The first kappa shape index (κ1) is 13.8. The van der Waals surface area contributed by atoms with Crippen molar-refractivity contribution in [2.45, 2.75) is 38.1 Å². The summed E-state index contributed by atoms with van der Waals surface area (Å²) in [6.45, 7) is 0.355. The molecule has 0 bridgehead atoms. The molecule has 104 valence electrons. The number of nitrogens with zero attached hydrogens (tertiary/aromatic N) is 1. The van der Waals surface area contributed by atoms with Gasteiger partial charge in [-0.1, -0.05) is 0 Å². The lowest BCUT2D eigenvalue weighted by atomic mass is 9.90. The lowest BCUT2D eigenvalue weighted by Crippen LogP contribution is -2.46. The Morgan fingerprint density at radius 3 is 2.44 bits per heavy atom. The van der Waals surface area contributed by atoms with E-state index in [4.69, 9.17) is 5.11 Å². The van der Waals surface area contributed by atoms with Crippen LogP contribution in [0.4, 0.5) is 0 Å². The van der Waals surface area contributed by atoms with Crippen molar-refractivity contribution in [2.75, 3.05) is 24.7 Å². The van der Waals surface area contributed by atoms with E-state index in [1.807, 2.05) is 0 Å². The van der Waals surface area contributed by atoms with Crippen LogP contribution in [0.15, 0.2) is 0 Å². The minimum absolute atomic E-state index is 0.0100. The number of aliphatic hydroxyl groups is 1. The van der Waals surface area contributed by atoms with Crippen LogP contribution in [0.25, 0.3) is 0 Å². The van der Waals surface area contributed by atoms with E-state index < -0.39 is 9.84 Å². The SMILES string of the molecule is O=C(CC1CCS(=O)(=O)C1)N(CCO)C1CCC1. The zero-order chi connectivity index (χ0) is 13.2. The highest BCUT2D eigenvalue weighted by Crippen LogP contribution is 2.27. The molecule has 1 amide bonds. The molecular formula is C12H21NO4S. The highest BCUT2D eigenvalue weighted by atomic mass is 32.2. The molecule has 1 heterocycles. The molecule has 18 heavy (non-hydrogen) atoms. The Labute approximate surface area is 108 Å². The number of carbonyl (C=O) groups is 1. The molecule has 6 heteroatoms. The van der Waals surface area contributed by atoms with E-state index in [2.05, 4.69) is 0 Å². The third-order valence-corrected chi connectivity index (χ3v) is 5.80. The molecule has 0 radical (unpaired) electrons. The van der Waals surface area contributed by atoms with Gasteiger partial charge in [0.05, 0.1) is 18.1 Å². The maximum Gasteiger partial charge on any atom is 0.223 e. The summed E-state index contributed by atoms with van der Waals surface area (Å²) in [6, 6.07) is 0.266. The zero-order valence-corrected chi connectivity index (χ0v) is 11.4. The Kier molecular flexibility index (Phi) is 4.27. The largest absolute Gasteiger partial charge is 0.395 e. The molecule has 2 fully saturated rings. The van der Waals surface area contributed by atoms with Crippen molar-refractivity contribution >= 4 is 15.7 Å². The molecule has 2 aliphatic rings. The van der Waals surface area contributed by atoms with Crippen LogP contribution >= 0.6 is 0 Å². The van der Waals surface area contributed by atoms with E-state index in [-0.39, 0.29) is 36.0 Å². The van der Waals surface area contributed by atoms with Crippen molar-refractivity contribution in [3.05, 3.63) is 0 Å². The summed E-state index contributed by atoms with van der Waals surface area (Å²) in [4.78, 5) is 13.9. The fourth-order valence-electron chi connectivity index (χ4n) is 2.71. The van der Waals surface area contributed by atoms with Crippen molar-refractivity contribution in [2.24, 2.45) is 5.92 Å². The third-order valence-electron chi connectivity index (χ3n) is 3.97. The van der Waals surface area contributed by atoms with E-state index in [0.29, 0.717) is 19.4 Å². The topological polar surface area (TPSA) is 74.7 Å². The molecule has 1 unspecified atom stereocenters. The predicted molar refractivity (Wildman–Crippen MR) is 67.8 cm³/mol. The van der Waals surface area contributed by atoms with Gasteiger partial charge >= 0.3 is 0 Å². The van der Waals surface area contributed by atoms with Crippen LogP contribution in [0.3, 0.4) is 0 Å². The lowest BCUT2D eigenvalue weighted by molar-refractivity contribution is -0.136. The fraction of sp³-hybridized carbons (Fsp3) is 0.917. The number of carbonyl (C=O) groups excluding carboxylic acids is 1. The average Bonchev–Trinajstić information content (AvgIpc) is 2.54. The molecule has 0 aromatic heterocycles. The van der Waals surface area contributed by atoms with Crippen molar-refractivity contribution < 1.29 is 18.3 Å². The third kappa shape index (κ3) is 3.23. The van der Waals surface area contributed by atoms with Gasteiger partial charge in [-0.05, 0) is 31.6 Å². The minimum atomic E-state index is -2.91. The van der Waals surface area contributed by atoms with Gasteiger partial charge in [-0.3, -0.25) is 4.79 Å². The van der Waals surface area contributed by atoms with Crippen LogP contribution in [0, 0.1) is 5.92 Å². The highest BCUT2D eigenvalue weighted by Gasteiger charge is 2.33. The second kappa shape index (κ2) is 5.57. The van der Waals surface area contributed by atoms with Crippen LogP contribution in [-0.4, -0.2) is 55.0 Å². The summed E-state index contributed by atoms with van der Waals surface area (Å²) in [7, 11) is -2.91. The van der Waals surface area contributed by atoms with Crippen molar-refractivity contribution in [3.63, 3.8) is 0 Å². The van der Waals surface area contributed by atoms with Crippen LogP contribution in [0.5, 0.6) is 0 Å². The summed E-state index contributed by atoms with van der Waals surface area (Å²) >= 11 is 0. The number of rotatable bonds is 5. The van der Waals surface area contributed by atoms with Gasteiger partial charge < -0.3 is 10.0 Å². The molecule has 1 atom stereocenters. The van der Waals surface area contributed by atoms with E-state index in [0.717, 1.165) is 19.3 Å². The molecule has 0 aromatic carbocycles. The molecular weight excluding hydrogens is 254 g/mol. The van der Waals surface area contributed by atoms with Crippen molar-refractivity contribution in [3.8, 4) is 0 Å². The average molecular weight is 275 g/mol. The van der Waals surface area contributed by atoms with E-state index in [1.165, 1.54) is 0 Å². The smallest absolute Gasteiger partial charge is 0.223 e. The Hall–Kier alpha value is -0.620. The normalized spacial score (nSPS) is 26.8.